The smallest absolute Gasteiger partial charge is 0.233 e. The number of carbonyl (C=O) groups is 1. The average Bonchev–Trinajstić information content (AvgIpc) is 3.03. The number of likely N-dealkylation sites (tertiary alicyclic amines) is 1. The van der Waals surface area contributed by atoms with E-state index in [4.69, 9.17) is 16.3 Å². The Hall–Kier alpha value is -1.85. The molecule has 0 atom stereocenters. The summed E-state index contributed by atoms with van der Waals surface area (Å²) in [5.41, 5.74) is 0.685. The van der Waals surface area contributed by atoms with Gasteiger partial charge in [-0.15, -0.1) is 0 Å². The average molecular weight is 360 g/mol. The van der Waals surface area contributed by atoms with Crippen LogP contribution in [0.25, 0.3) is 0 Å². The molecule has 0 radical (unpaired) electrons. The van der Waals surface area contributed by atoms with Gasteiger partial charge < -0.3 is 9.64 Å². The van der Waals surface area contributed by atoms with E-state index < -0.39 is 5.41 Å². The van der Waals surface area contributed by atoms with Crippen molar-refractivity contribution in [1.82, 2.24) is 14.7 Å². The number of nitrogens with zero attached hydrogens (tertiary/aromatic N) is 3. The van der Waals surface area contributed by atoms with E-state index in [2.05, 4.69) is 17.2 Å². The Balaban J connectivity index is 1.45. The molecule has 2 aromatic rings. The Kier molecular flexibility index (Phi) is 4.52. The number of hydrogen-bond acceptors (Lipinski definition) is 3. The maximum atomic E-state index is 13.3. The SMILES string of the molecule is O=C(N1CC(Cn2cc(Cl)cn2)C1)C1(c2ccccc2)CCOCC1. The molecule has 2 fully saturated rings. The molecule has 1 aromatic heterocycles. The number of benzene rings is 1. The Morgan fingerprint density at radius 1 is 1.24 bits per heavy atom. The maximum absolute atomic E-state index is 13.3. The summed E-state index contributed by atoms with van der Waals surface area (Å²) >= 11 is 5.91. The number of halogens is 1. The first kappa shape index (κ1) is 16.6. The van der Waals surface area contributed by atoms with Crippen molar-refractivity contribution < 1.29 is 9.53 Å². The molecule has 6 heteroatoms. The third-order valence-corrected chi connectivity index (χ3v) is 5.57. The Labute approximate surface area is 152 Å². The second-order valence-electron chi connectivity index (χ2n) is 7.02. The summed E-state index contributed by atoms with van der Waals surface area (Å²) in [6.45, 7) is 3.66. The molecule has 0 spiro atoms. The molecule has 0 N–H and O–H groups in total. The fourth-order valence-electron chi connectivity index (χ4n) is 3.96. The highest BCUT2D eigenvalue weighted by molar-refractivity contribution is 6.30. The molecule has 1 aromatic carbocycles. The molecule has 0 saturated carbocycles. The standard InChI is InChI=1S/C19H22ClN3O2/c20-17-10-21-23(14-17)13-15-11-22(12-15)18(24)19(6-8-25-9-7-19)16-4-2-1-3-5-16/h1-5,10,14-15H,6-9,11-13H2. The molecule has 132 valence electrons. The first-order valence-electron chi connectivity index (χ1n) is 8.78. The molecule has 3 heterocycles. The molecule has 2 aliphatic heterocycles. The van der Waals surface area contributed by atoms with Crippen molar-refractivity contribution in [3.05, 3.63) is 53.3 Å². The lowest BCUT2D eigenvalue weighted by atomic mass is 9.72. The van der Waals surface area contributed by atoms with E-state index in [1.165, 1.54) is 0 Å². The van der Waals surface area contributed by atoms with Crippen molar-refractivity contribution >= 4 is 17.5 Å². The minimum Gasteiger partial charge on any atom is -0.381 e. The summed E-state index contributed by atoms with van der Waals surface area (Å²) in [6, 6.07) is 10.2. The van der Waals surface area contributed by atoms with E-state index in [1.54, 1.807) is 6.20 Å². The molecular formula is C19H22ClN3O2. The van der Waals surface area contributed by atoms with Crippen LogP contribution in [-0.2, 0) is 21.5 Å². The number of carbonyl (C=O) groups excluding carboxylic acids is 1. The monoisotopic (exact) mass is 359 g/mol. The number of amides is 1. The highest BCUT2D eigenvalue weighted by Gasteiger charge is 2.46. The zero-order chi connectivity index (χ0) is 17.3. The highest BCUT2D eigenvalue weighted by Crippen LogP contribution is 2.38. The number of aromatic nitrogens is 2. The predicted octanol–water partition coefficient (Wildman–Crippen LogP) is 2.74. The Morgan fingerprint density at radius 2 is 1.96 bits per heavy atom. The molecule has 1 amide bonds. The van der Waals surface area contributed by atoms with Crippen molar-refractivity contribution in [2.45, 2.75) is 24.8 Å². The van der Waals surface area contributed by atoms with Gasteiger partial charge in [-0.1, -0.05) is 41.9 Å². The quantitative estimate of drug-likeness (QED) is 0.843. The normalized spacial score (nSPS) is 20.3. The van der Waals surface area contributed by atoms with Crippen LogP contribution in [0.1, 0.15) is 18.4 Å². The van der Waals surface area contributed by atoms with Crippen LogP contribution in [0.15, 0.2) is 42.7 Å². The van der Waals surface area contributed by atoms with Crippen LogP contribution in [-0.4, -0.2) is 46.9 Å². The fourth-order valence-corrected chi connectivity index (χ4v) is 4.12. The molecule has 2 saturated heterocycles. The Morgan fingerprint density at radius 3 is 2.60 bits per heavy atom. The van der Waals surface area contributed by atoms with Crippen LogP contribution in [0.2, 0.25) is 5.02 Å². The third-order valence-electron chi connectivity index (χ3n) is 5.37. The minimum atomic E-state index is -0.431. The van der Waals surface area contributed by atoms with Crippen LogP contribution in [0.5, 0.6) is 0 Å². The number of hydrogen-bond donors (Lipinski definition) is 0. The second kappa shape index (κ2) is 6.81. The molecular weight excluding hydrogens is 338 g/mol. The van der Waals surface area contributed by atoms with Gasteiger partial charge in [-0.3, -0.25) is 9.48 Å². The van der Waals surface area contributed by atoms with Gasteiger partial charge in [0, 0.05) is 45.0 Å². The van der Waals surface area contributed by atoms with E-state index in [9.17, 15) is 4.79 Å². The first-order chi connectivity index (χ1) is 12.2. The summed E-state index contributed by atoms with van der Waals surface area (Å²) in [7, 11) is 0. The van der Waals surface area contributed by atoms with Crippen LogP contribution >= 0.6 is 11.6 Å². The number of rotatable bonds is 4. The van der Waals surface area contributed by atoms with Gasteiger partial charge in [0.15, 0.2) is 0 Å². The zero-order valence-corrected chi connectivity index (χ0v) is 14.9. The van der Waals surface area contributed by atoms with Crippen LogP contribution < -0.4 is 0 Å². The maximum Gasteiger partial charge on any atom is 0.233 e. The molecule has 2 aliphatic rings. The van der Waals surface area contributed by atoms with Crippen molar-refractivity contribution in [3.63, 3.8) is 0 Å². The van der Waals surface area contributed by atoms with Gasteiger partial charge in [-0.05, 0) is 18.4 Å². The van der Waals surface area contributed by atoms with Gasteiger partial charge in [0.1, 0.15) is 0 Å². The minimum absolute atomic E-state index is 0.247. The van der Waals surface area contributed by atoms with Gasteiger partial charge in [0.05, 0.1) is 16.6 Å². The van der Waals surface area contributed by atoms with E-state index in [-0.39, 0.29) is 5.91 Å². The van der Waals surface area contributed by atoms with Crippen molar-refractivity contribution in [2.24, 2.45) is 5.92 Å². The summed E-state index contributed by atoms with van der Waals surface area (Å²) in [5.74, 6) is 0.685. The molecule has 0 aliphatic carbocycles. The second-order valence-corrected chi connectivity index (χ2v) is 7.45. The van der Waals surface area contributed by atoms with Gasteiger partial charge in [-0.25, -0.2) is 0 Å². The molecule has 25 heavy (non-hydrogen) atoms. The fraction of sp³-hybridized carbons (Fsp3) is 0.474. The Bertz CT molecular complexity index is 734. The lowest BCUT2D eigenvalue weighted by Crippen LogP contribution is -2.58. The molecule has 5 nitrogen and oxygen atoms in total. The predicted molar refractivity (Wildman–Crippen MR) is 95.5 cm³/mol. The third kappa shape index (κ3) is 3.18. The van der Waals surface area contributed by atoms with Gasteiger partial charge in [0.2, 0.25) is 5.91 Å². The zero-order valence-electron chi connectivity index (χ0n) is 14.1. The molecule has 4 rings (SSSR count). The van der Waals surface area contributed by atoms with Gasteiger partial charge in [-0.2, -0.15) is 5.10 Å². The largest absolute Gasteiger partial charge is 0.381 e. The van der Waals surface area contributed by atoms with E-state index >= 15 is 0 Å². The van der Waals surface area contributed by atoms with E-state index in [0.29, 0.717) is 24.2 Å². The van der Waals surface area contributed by atoms with Crippen molar-refractivity contribution in [1.29, 1.82) is 0 Å². The van der Waals surface area contributed by atoms with Crippen LogP contribution in [0.3, 0.4) is 0 Å². The lowest BCUT2D eigenvalue weighted by Gasteiger charge is -2.46. The van der Waals surface area contributed by atoms with Crippen LogP contribution in [0.4, 0.5) is 0 Å². The van der Waals surface area contributed by atoms with E-state index in [1.807, 2.05) is 34.0 Å². The molecule has 0 bridgehead atoms. The van der Waals surface area contributed by atoms with E-state index in [0.717, 1.165) is 38.0 Å². The van der Waals surface area contributed by atoms with Crippen molar-refractivity contribution in [2.75, 3.05) is 26.3 Å². The van der Waals surface area contributed by atoms with Gasteiger partial charge in [0.25, 0.3) is 0 Å². The van der Waals surface area contributed by atoms with Crippen LogP contribution in [0, 0.1) is 5.92 Å². The first-order valence-corrected chi connectivity index (χ1v) is 9.16. The summed E-state index contributed by atoms with van der Waals surface area (Å²) in [4.78, 5) is 15.3. The number of ether oxygens (including phenoxy) is 1. The lowest BCUT2D eigenvalue weighted by molar-refractivity contribution is -0.148. The summed E-state index contributed by atoms with van der Waals surface area (Å²) in [6.07, 6.45) is 4.99. The highest BCUT2D eigenvalue weighted by atomic mass is 35.5. The summed E-state index contributed by atoms with van der Waals surface area (Å²) < 4.78 is 7.39. The topological polar surface area (TPSA) is 47.4 Å². The molecule has 0 unspecified atom stereocenters. The summed E-state index contributed by atoms with van der Waals surface area (Å²) in [5, 5.41) is 4.87. The van der Waals surface area contributed by atoms with Gasteiger partial charge >= 0.3 is 0 Å². The van der Waals surface area contributed by atoms with Crippen molar-refractivity contribution in [3.8, 4) is 0 Å².